The Hall–Kier alpha value is -1.29. The summed E-state index contributed by atoms with van der Waals surface area (Å²) in [5.41, 5.74) is 0.818. The number of rotatable bonds is 1. The predicted octanol–water partition coefficient (Wildman–Crippen LogP) is 4.43. The van der Waals surface area contributed by atoms with Gasteiger partial charge in [0.1, 0.15) is 4.88 Å². The van der Waals surface area contributed by atoms with Crippen molar-refractivity contribution in [1.82, 2.24) is 0 Å². The molecule has 1 aromatic heterocycles. The summed E-state index contributed by atoms with van der Waals surface area (Å²) < 4.78 is 37.0. The molecule has 0 atom stereocenters. The van der Waals surface area contributed by atoms with Crippen LogP contribution in [0.5, 0.6) is 0 Å². The number of hydrogen-bond donors (Lipinski definition) is 0. The molecule has 0 amide bonds. The Morgan fingerprint density at radius 2 is 1.53 bits per heavy atom. The summed E-state index contributed by atoms with van der Waals surface area (Å²) in [6.07, 6.45) is -4.24. The van der Waals surface area contributed by atoms with Crippen molar-refractivity contribution in [1.29, 1.82) is 0 Å². The highest BCUT2D eigenvalue weighted by atomic mass is 32.1. The third kappa shape index (κ3) is 2.21. The maximum absolute atomic E-state index is 12.3. The largest absolute Gasteiger partial charge is 0.425 e. The van der Waals surface area contributed by atoms with Crippen molar-refractivity contribution in [3.05, 3.63) is 47.3 Å². The van der Waals surface area contributed by atoms with Gasteiger partial charge in [-0.25, -0.2) is 0 Å². The molecule has 0 aliphatic rings. The lowest BCUT2D eigenvalue weighted by Crippen LogP contribution is -2.00. The van der Waals surface area contributed by atoms with Crippen LogP contribution in [0.15, 0.2) is 42.5 Å². The van der Waals surface area contributed by atoms with Crippen molar-refractivity contribution in [2.24, 2.45) is 0 Å². The van der Waals surface area contributed by atoms with E-state index in [1.807, 2.05) is 18.2 Å². The van der Waals surface area contributed by atoms with Crippen molar-refractivity contribution in [3.8, 4) is 10.4 Å². The van der Waals surface area contributed by atoms with Crippen molar-refractivity contribution in [2.45, 2.75) is 6.18 Å². The van der Waals surface area contributed by atoms with Gasteiger partial charge in [-0.1, -0.05) is 30.3 Å². The zero-order chi connectivity index (χ0) is 10.9. The molecule has 0 N–H and O–H groups in total. The van der Waals surface area contributed by atoms with E-state index in [9.17, 15) is 13.2 Å². The fraction of sp³-hybridized carbons (Fsp3) is 0.0909. The Kier molecular flexibility index (Phi) is 2.52. The SMILES string of the molecule is FC(F)(F)c1ccc(-c2ccccc2)s1. The Morgan fingerprint density at radius 1 is 0.867 bits per heavy atom. The average molecular weight is 228 g/mol. The number of benzene rings is 1. The molecule has 0 saturated heterocycles. The van der Waals surface area contributed by atoms with Crippen LogP contribution in [-0.2, 0) is 6.18 Å². The van der Waals surface area contributed by atoms with Gasteiger partial charge in [0.15, 0.2) is 0 Å². The highest BCUT2D eigenvalue weighted by molar-refractivity contribution is 7.15. The first-order chi connectivity index (χ1) is 7.07. The Labute approximate surface area is 89.0 Å². The molecule has 1 aromatic carbocycles. The van der Waals surface area contributed by atoms with E-state index in [2.05, 4.69) is 0 Å². The van der Waals surface area contributed by atoms with Gasteiger partial charge in [-0.05, 0) is 17.7 Å². The Bertz CT molecular complexity index is 442. The molecule has 0 fully saturated rings. The second-order valence-corrected chi connectivity index (χ2v) is 4.11. The van der Waals surface area contributed by atoms with Crippen LogP contribution in [0.4, 0.5) is 13.2 Å². The lowest BCUT2D eigenvalue weighted by atomic mass is 10.2. The van der Waals surface area contributed by atoms with E-state index in [0.29, 0.717) is 4.88 Å². The van der Waals surface area contributed by atoms with Gasteiger partial charge in [0, 0.05) is 4.88 Å². The molecule has 0 bridgehead atoms. The second kappa shape index (κ2) is 3.70. The minimum atomic E-state index is -4.24. The molecular weight excluding hydrogens is 221 g/mol. The molecule has 0 nitrogen and oxygen atoms in total. The van der Waals surface area contributed by atoms with E-state index in [1.54, 1.807) is 12.1 Å². The fourth-order valence-electron chi connectivity index (χ4n) is 1.25. The molecular formula is C11H7F3S. The van der Waals surface area contributed by atoms with Crippen LogP contribution in [0.2, 0.25) is 0 Å². The molecule has 1 heterocycles. The third-order valence-electron chi connectivity index (χ3n) is 1.94. The van der Waals surface area contributed by atoms with Crippen molar-refractivity contribution in [2.75, 3.05) is 0 Å². The second-order valence-electron chi connectivity index (χ2n) is 3.03. The number of hydrogen-bond acceptors (Lipinski definition) is 1. The van der Waals surface area contributed by atoms with E-state index in [1.165, 1.54) is 6.07 Å². The van der Waals surface area contributed by atoms with Crippen molar-refractivity contribution >= 4 is 11.3 Å². The van der Waals surface area contributed by atoms with Gasteiger partial charge in [-0.3, -0.25) is 0 Å². The monoisotopic (exact) mass is 228 g/mol. The molecule has 0 spiro atoms. The topological polar surface area (TPSA) is 0 Å². The average Bonchev–Trinajstić information content (AvgIpc) is 2.67. The van der Waals surface area contributed by atoms with Gasteiger partial charge in [0.2, 0.25) is 0 Å². The van der Waals surface area contributed by atoms with E-state index < -0.39 is 11.1 Å². The molecule has 2 rings (SSSR count). The molecule has 0 saturated carbocycles. The molecule has 15 heavy (non-hydrogen) atoms. The smallest absolute Gasteiger partial charge is 0.165 e. The fourth-order valence-corrected chi connectivity index (χ4v) is 2.13. The summed E-state index contributed by atoms with van der Waals surface area (Å²) in [6.45, 7) is 0. The van der Waals surface area contributed by atoms with Crippen LogP contribution >= 0.6 is 11.3 Å². The number of alkyl halides is 3. The van der Waals surface area contributed by atoms with Crippen LogP contribution in [0.3, 0.4) is 0 Å². The first-order valence-corrected chi connectivity index (χ1v) is 5.11. The number of halogens is 3. The van der Waals surface area contributed by atoms with Crippen LogP contribution in [0.25, 0.3) is 10.4 Å². The van der Waals surface area contributed by atoms with Gasteiger partial charge in [-0.2, -0.15) is 13.2 Å². The van der Waals surface area contributed by atoms with Gasteiger partial charge < -0.3 is 0 Å². The first kappa shape index (κ1) is 10.2. The molecule has 0 aliphatic heterocycles. The van der Waals surface area contributed by atoms with E-state index in [-0.39, 0.29) is 0 Å². The maximum Gasteiger partial charge on any atom is 0.425 e. The summed E-state index contributed by atoms with van der Waals surface area (Å²) in [4.78, 5) is 0.0873. The normalized spacial score (nSPS) is 11.7. The van der Waals surface area contributed by atoms with Crippen LogP contribution in [-0.4, -0.2) is 0 Å². The molecule has 0 aliphatic carbocycles. The van der Waals surface area contributed by atoms with Crippen LogP contribution in [0.1, 0.15) is 4.88 Å². The Morgan fingerprint density at radius 3 is 2.07 bits per heavy atom. The molecule has 0 radical (unpaired) electrons. The van der Waals surface area contributed by atoms with Crippen molar-refractivity contribution < 1.29 is 13.2 Å². The van der Waals surface area contributed by atoms with Gasteiger partial charge in [-0.15, -0.1) is 11.3 Å². The maximum atomic E-state index is 12.3. The lowest BCUT2D eigenvalue weighted by molar-refractivity contribution is -0.134. The molecule has 4 heteroatoms. The first-order valence-electron chi connectivity index (χ1n) is 4.30. The molecule has 2 aromatic rings. The van der Waals surface area contributed by atoms with E-state index in [0.717, 1.165) is 23.0 Å². The summed E-state index contributed by atoms with van der Waals surface area (Å²) in [7, 11) is 0. The molecule has 78 valence electrons. The van der Waals surface area contributed by atoms with E-state index in [4.69, 9.17) is 0 Å². The highest BCUT2D eigenvalue weighted by Crippen LogP contribution is 2.38. The van der Waals surface area contributed by atoms with E-state index >= 15 is 0 Å². The summed E-state index contributed by atoms with van der Waals surface area (Å²) in [6, 6.07) is 11.7. The Balaban J connectivity index is 2.37. The van der Waals surface area contributed by atoms with Gasteiger partial charge in [0.25, 0.3) is 0 Å². The quantitative estimate of drug-likeness (QED) is 0.677. The predicted molar refractivity (Wildman–Crippen MR) is 54.8 cm³/mol. The third-order valence-corrected chi connectivity index (χ3v) is 3.12. The number of thiophene rings is 1. The van der Waals surface area contributed by atoms with Gasteiger partial charge in [0.05, 0.1) is 0 Å². The van der Waals surface area contributed by atoms with Crippen LogP contribution in [0, 0.1) is 0 Å². The minimum absolute atomic E-state index is 0.554. The zero-order valence-corrected chi connectivity index (χ0v) is 8.40. The minimum Gasteiger partial charge on any atom is -0.165 e. The summed E-state index contributed by atoms with van der Waals surface area (Å²) >= 11 is 0.768. The van der Waals surface area contributed by atoms with Gasteiger partial charge >= 0.3 is 6.18 Å². The summed E-state index contributed by atoms with van der Waals surface area (Å²) in [5.74, 6) is 0. The standard InChI is InChI=1S/C11H7F3S/c12-11(13,14)10-7-6-9(15-10)8-4-2-1-3-5-8/h1-7H. The molecule has 0 unspecified atom stereocenters. The summed E-state index contributed by atoms with van der Waals surface area (Å²) in [5, 5.41) is 0. The van der Waals surface area contributed by atoms with Crippen LogP contribution < -0.4 is 0 Å². The zero-order valence-electron chi connectivity index (χ0n) is 7.58. The van der Waals surface area contributed by atoms with Crippen molar-refractivity contribution in [3.63, 3.8) is 0 Å². The highest BCUT2D eigenvalue weighted by Gasteiger charge is 2.32. The lowest BCUT2D eigenvalue weighted by Gasteiger charge is -2.00.